The SMILES string of the molecule is CNC1CCCCC(C2CC(C)CC(C)C2)C1. The summed E-state index contributed by atoms with van der Waals surface area (Å²) in [5, 5.41) is 3.54. The van der Waals surface area contributed by atoms with Gasteiger partial charge in [-0.05, 0) is 62.8 Å². The van der Waals surface area contributed by atoms with Crippen LogP contribution in [-0.4, -0.2) is 13.1 Å². The molecule has 2 aliphatic rings. The van der Waals surface area contributed by atoms with Crippen LogP contribution in [0.5, 0.6) is 0 Å². The number of hydrogen-bond acceptors (Lipinski definition) is 1. The van der Waals surface area contributed by atoms with E-state index in [2.05, 4.69) is 26.2 Å². The molecule has 0 aromatic heterocycles. The third kappa shape index (κ3) is 3.71. The van der Waals surface area contributed by atoms with Crippen molar-refractivity contribution in [3.05, 3.63) is 0 Å². The Balaban J connectivity index is 1.94. The fourth-order valence-electron chi connectivity index (χ4n) is 4.48. The molecule has 0 radical (unpaired) electrons. The zero-order chi connectivity index (χ0) is 12.3. The Bertz CT molecular complexity index is 216. The Morgan fingerprint density at radius 3 is 2.06 bits per heavy atom. The average Bonchev–Trinajstić information content (AvgIpc) is 2.52. The van der Waals surface area contributed by atoms with Crippen molar-refractivity contribution in [2.24, 2.45) is 23.7 Å². The van der Waals surface area contributed by atoms with E-state index in [0.29, 0.717) is 0 Å². The van der Waals surface area contributed by atoms with Crippen molar-refractivity contribution in [3.63, 3.8) is 0 Å². The summed E-state index contributed by atoms with van der Waals surface area (Å²) in [7, 11) is 2.15. The summed E-state index contributed by atoms with van der Waals surface area (Å²) in [5.74, 6) is 3.99. The lowest BCUT2D eigenvalue weighted by molar-refractivity contribution is 0.144. The highest BCUT2D eigenvalue weighted by Crippen LogP contribution is 2.41. The maximum atomic E-state index is 3.54. The highest BCUT2D eigenvalue weighted by atomic mass is 14.9. The summed E-state index contributed by atoms with van der Waals surface area (Å²) in [6, 6.07) is 0.801. The highest BCUT2D eigenvalue weighted by Gasteiger charge is 2.31. The Morgan fingerprint density at radius 1 is 0.765 bits per heavy atom. The fourth-order valence-corrected chi connectivity index (χ4v) is 4.48. The molecule has 4 unspecified atom stereocenters. The van der Waals surface area contributed by atoms with Gasteiger partial charge in [0.05, 0.1) is 0 Å². The fraction of sp³-hybridized carbons (Fsp3) is 1.00. The van der Waals surface area contributed by atoms with Crippen LogP contribution in [0.2, 0.25) is 0 Å². The standard InChI is InChI=1S/C16H31N/c1-12-8-13(2)10-15(9-12)14-6-4-5-7-16(11-14)17-3/h12-17H,4-11H2,1-3H3. The zero-order valence-electron chi connectivity index (χ0n) is 12.0. The molecule has 0 bridgehead atoms. The van der Waals surface area contributed by atoms with Crippen LogP contribution in [0.25, 0.3) is 0 Å². The predicted octanol–water partition coefficient (Wildman–Crippen LogP) is 4.23. The van der Waals surface area contributed by atoms with Gasteiger partial charge in [-0.2, -0.15) is 0 Å². The van der Waals surface area contributed by atoms with E-state index in [-0.39, 0.29) is 0 Å². The van der Waals surface area contributed by atoms with Gasteiger partial charge in [0.1, 0.15) is 0 Å². The molecule has 0 spiro atoms. The van der Waals surface area contributed by atoms with E-state index in [1.54, 1.807) is 0 Å². The second-order valence-electron chi connectivity index (χ2n) is 6.94. The molecule has 1 nitrogen and oxygen atoms in total. The minimum absolute atomic E-state index is 0.801. The number of nitrogens with one attached hydrogen (secondary N) is 1. The summed E-state index contributed by atoms with van der Waals surface area (Å²) >= 11 is 0. The van der Waals surface area contributed by atoms with Crippen LogP contribution < -0.4 is 5.32 Å². The molecule has 0 aromatic rings. The molecule has 100 valence electrons. The van der Waals surface area contributed by atoms with Crippen molar-refractivity contribution in [2.45, 2.75) is 71.3 Å². The van der Waals surface area contributed by atoms with Gasteiger partial charge in [0.15, 0.2) is 0 Å². The summed E-state index contributed by atoms with van der Waals surface area (Å²) < 4.78 is 0. The highest BCUT2D eigenvalue weighted by molar-refractivity contribution is 4.84. The summed E-state index contributed by atoms with van der Waals surface area (Å²) in [4.78, 5) is 0. The van der Waals surface area contributed by atoms with Crippen LogP contribution in [0.4, 0.5) is 0 Å². The predicted molar refractivity (Wildman–Crippen MR) is 75.1 cm³/mol. The molecule has 1 N–H and O–H groups in total. The first kappa shape index (κ1) is 13.4. The minimum atomic E-state index is 0.801. The molecular formula is C16H31N. The Kier molecular flexibility index (Phi) is 4.90. The first-order valence-electron chi connectivity index (χ1n) is 7.86. The second-order valence-corrected chi connectivity index (χ2v) is 6.94. The monoisotopic (exact) mass is 237 g/mol. The second kappa shape index (κ2) is 6.22. The quantitative estimate of drug-likeness (QED) is 0.709. The van der Waals surface area contributed by atoms with Gasteiger partial charge in [-0.15, -0.1) is 0 Å². The largest absolute Gasteiger partial charge is 0.317 e. The number of hydrogen-bond donors (Lipinski definition) is 1. The molecule has 0 aliphatic heterocycles. The van der Waals surface area contributed by atoms with Crippen LogP contribution in [0.3, 0.4) is 0 Å². The Morgan fingerprint density at radius 2 is 1.41 bits per heavy atom. The van der Waals surface area contributed by atoms with Gasteiger partial charge in [0, 0.05) is 6.04 Å². The van der Waals surface area contributed by atoms with Crippen molar-refractivity contribution in [1.29, 1.82) is 0 Å². The molecular weight excluding hydrogens is 206 g/mol. The molecule has 2 saturated carbocycles. The lowest BCUT2D eigenvalue weighted by Crippen LogP contribution is -2.31. The number of rotatable bonds is 2. The van der Waals surface area contributed by atoms with Crippen molar-refractivity contribution in [3.8, 4) is 0 Å². The molecule has 0 saturated heterocycles. The van der Waals surface area contributed by atoms with Gasteiger partial charge in [-0.25, -0.2) is 0 Å². The maximum Gasteiger partial charge on any atom is 0.00668 e. The van der Waals surface area contributed by atoms with E-state index >= 15 is 0 Å². The zero-order valence-corrected chi connectivity index (χ0v) is 12.0. The summed E-state index contributed by atoms with van der Waals surface area (Å²) in [5.41, 5.74) is 0. The minimum Gasteiger partial charge on any atom is -0.317 e. The van der Waals surface area contributed by atoms with Gasteiger partial charge in [0.2, 0.25) is 0 Å². The molecule has 0 heterocycles. The first-order valence-corrected chi connectivity index (χ1v) is 7.86. The topological polar surface area (TPSA) is 12.0 Å². The molecule has 2 fully saturated rings. The van der Waals surface area contributed by atoms with E-state index < -0.39 is 0 Å². The van der Waals surface area contributed by atoms with Gasteiger partial charge < -0.3 is 5.32 Å². The maximum absolute atomic E-state index is 3.54. The van der Waals surface area contributed by atoms with Crippen molar-refractivity contribution < 1.29 is 0 Å². The van der Waals surface area contributed by atoms with Gasteiger partial charge >= 0.3 is 0 Å². The van der Waals surface area contributed by atoms with Gasteiger partial charge in [-0.1, -0.05) is 33.1 Å². The van der Waals surface area contributed by atoms with Crippen LogP contribution in [0.15, 0.2) is 0 Å². The molecule has 2 rings (SSSR count). The lowest BCUT2D eigenvalue weighted by atomic mass is 9.69. The first-order chi connectivity index (χ1) is 8.19. The lowest BCUT2D eigenvalue weighted by Gasteiger charge is -2.37. The van der Waals surface area contributed by atoms with Crippen LogP contribution in [0.1, 0.15) is 65.2 Å². The third-order valence-corrected chi connectivity index (χ3v) is 5.25. The van der Waals surface area contributed by atoms with E-state index in [1.165, 1.54) is 51.4 Å². The summed E-state index contributed by atoms with van der Waals surface area (Å²) in [6.07, 6.45) is 11.8. The van der Waals surface area contributed by atoms with E-state index in [9.17, 15) is 0 Å². The molecule has 0 aromatic carbocycles. The summed E-state index contributed by atoms with van der Waals surface area (Å²) in [6.45, 7) is 4.93. The van der Waals surface area contributed by atoms with E-state index in [4.69, 9.17) is 0 Å². The van der Waals surface area contributed by atoms with Crippen molar-refractivity contribution in [2.75, 3.05) is 7.05 Å². The van der Waals surface area contributed by atoms with Gasteiger partial charge in [0.25, 0.3) is 0 Å². The molecule has 2 aliphatic carbocycles. The smallest absolute Gasteiger partial charge is 0.00668 e. The van der Waals surface area contributed by atoms with Crippen molar-refractivity contribution >= 4 is 0 Å². The van der Waals surface area contributed by atoms with Gasteiger partial charge in [-0.3, -0.25) is 0 Å². The molecule has 4 atom stereocenters. The third-order valence-electron chi connectivity index (χ3n) is 5.25. The van der Waals surface area contributed by atoms with E-state index in [0.717, 1.165) is 29.7 Å². The Hall–Kier alpha value is -0.0400. The average molecular weight is 237 g/mol. The normalized spacial score (nSPS) is 44.3. The van der Waals surface area contributed by atoms with Crippen LogP contribution >= 0.6 is 0 Å². The molecule has 17 heavy (non-hydrogen) atoms. The van der Waals surface area contributed by atoms with Crippen LogP contribution in [-0.2, 0) is 0 Å². The van der Waals surface area contributed by atoms with Crippen LogP contribution in [0, 0.1) is 23.7 Å². The van der Waals surface area contributed by atoms with E-state index in [1.807, 2.05) is 0 Å². The molecule has 1 heteroatoms. The Labute approximate surface area is 108 Å². The molecule has 0 amide bonds. The van der Waals surface area contributed by atoms with Crippen molar-refractivity contribution in [1.82, 2.24) is 5.32 Å².